The number of fused-ring (bicyclic) bond motifs is 4. The molecular formula is C22H22N2O4. The fourth-order valence-corrected chi connectivity index (χ4v) is 4.20. The smallest absolute Gasteiger partial charge is 0.419 e. The van der Waals surface area contributed by atoms with Crippen molar-refractivity contribution in [2.45, 2.75) is 31.2 Å². The zero-order valence-electron chi connectivity index (χ0n) is 15.5. The molecule has 2 aromatic rings. The minimum atomic E-state index is -1.08. The van der Waals surface area contributed by atoms with Crippen molar-refractivity contribution in [3.8, 4) is 0 Å². The van der Waals surface area contributed by atoms with Crippen LogP contribution in [0.3, 0.4) is 0 Å². The van der Waals surface area contributed by atoms with Crippen molar-refractivity contribution in [2.75, 3.05) is 18.4 Å². The minimum Gasteiger partial charge on any atom is -0.437 e. The summed E-state index contributed by atoms with van der Waals surface area (Å²) in [6.07, 6.45) is 2.34. The van der Waals surface area contributed by atoms with Crippen molar-refractivity contribution >= 4 is 17.6 Å². The van der Waals surface area contributed by atoms with Gasteiger partial charge in [-0.2, -0.15) is 0 Å². The van der Waals surface area contributed by atoms with Crippen LogP contribution in [-0.2, 0) is 31.2 Å². The summed E-state index contributed by atoms with van der Waals surface area (Å²) in [4.78, 5) is 26.8. The Kier molecular flexibility index (Phi) is 4.09. The molecule has 144 valence electrons. The highest BCUT2D eigenvalue weighted by molar-refractivity contribution is 6.30. The molecule has 5 rings (SSSR count). The van der Waals surface area contributed by atoms with Gasteiger partial charge in [-0.1, -0.05) is 42.5 Å². The summed E-state index contributed by atoms with van der Waals surface area (Å²) in [6.45, 7) is 1.07. The van der Waals surface area contributed by atoms with E-state index in [4.69, 9.17) is 9.47 Å². The SMILES string of the molecule is O=C1OC2Cc3ccccc3C(CNc3ccccc3)(OC1=O)N2CC1CC1. The van der Waals surface area contributed by atoms with Gasteiger partial charge in [-0.05, 0) is 36.5 Å². The van der Waals surface area contributed by atoms with Crippen LogP contribution in [0.2, 0.25) is 0 Å². The Morgan fingerprint density at radius 3 is 2.54 bits per heavy atom. The molecule has 28 heavy (non-hydrogen) atoms. The summed E-state index contributed by atoms with van der Waals surface area (Å²) in [5, 5.41) is 3.40. The Labute approximate surface area is 163 Å². The van der Waals surface area contributed by atoms with Crippen LogP contribution in [0.5, 0.6) is 0 Å². The van der Waals surface area contributed by atoms with Gasteiger partial charge < -0.3 is 14.8 Å². The molecule has 1 aliphatic carbocycles. The molecule has 6 heteroatoms. The van der Waals surface area contributed by atoms with Crippen LogP contribution < -0.4 is 5.32 Å². The van der Waals surface area contributed by atoms with Gasteiger partial charge in [0.05, 0.1) is 6.54 Å². The zero-order valence-corrected chi connectivity index (χ0v) is 15.5. The van der Waals surface area contributed by atoms with Crippen molar-refractivity contribution in [2.24, 2.45) is 5.92 Å². The third-order valence-corrected chi connectivity index (χ3v) is 5.77. The molecule has 0 spiro atoms. The highest BCUT2D eigenvalue weighted by atomic mass is 16.6. The monoisotopic (exact) mass is 378 g/mol. The molecule has 0 aromatic heterocycles. The third kappa shape index (κ3) is 2.94. The summed E-state index contributed by atoms with van der Waals surface area (Å²) < 4.78 is 11.5. The van der Waals surface area contributed by atoms with Crippen LogP contribution in [0, 0.1) is 5.92 Å². The lowest BCUT2D eigenvalue weighted by Gasteiger charge is -2.48. The molecule has 0 radical (unpaired) electrons. The minimum absolute atomic E-state index is 0.333. The summed E-state index contributed by atoms with van der Waals surface area (Å²) in [5.74, 6) is -1.31. The van der Waals surface area contributed by atoms with E-state index >= 15 is 0 Å². The maximum Gasteiger partial charge on any atom is 0.419 e. The first kappa shape index (κ1) is 17.3. The topological polar surface area (TPSA) is 67.9 Å². The molecule has 2 atom stereocenters. The molecule has 1 saturated heterocycles. The van der Waals surface area contributed by atoms with Crippen molar-refractivity contribution < 1.29 is 19.1 Å². The number of rotatable bonds is 5. The van der Waals surface area contributed by atoms with Gasteiger partial charge in [0.2, 0.25) is 5.72 Å². The number of nitrogens with zero attached hydrogens (tertiary/aromatic N) is 1. The lowest BCUT2D eigenvalue weighted by molar-refractivity contribution is -0.196. The highest BCUT2D eigenvalue weighted by Gasteiger charge is 2.55. The molecule has 0 amide bonds. The number of para-hydroxylation sites is 1. The maximum atomic E-state index is 12.5. The molecule has 1 N–H and O–H groups in total. The first-order valence-electron chi connectivity index (χ1n) is 9.74. The molecule has 2 aromatic carbocycles. The van der Waals surface area contributed by atoms with Gasteiger partial charge in [-0.15, -0.1) is 0 Å². The number of anilines is 1. The largest absolute Gasteiger partial charge is 0.437 e. The number of hydrogen-bond donors (Lipinski definition) is 1. The Morgan fingerprint density at radius 1 is 1.00 bits per heavy atom. The molecule has 2 fully saturated rings. The number of carbonyl (C=O) groups excluding carboxylic acids is 2. The molecule has 3 aliphatic rings. The van der Waals surface area contributed by atoms with Gasteiger partial charge in [0.15, 0.2) is 6.23 Å². The molecule has 2 aliphatic heterocycles. The van der Waals surface area contributed by atoms with Gasteiger partial charge in [0.25, 0.3) is 0 Å². The number of carbonyl (C=O) groups is 2. The first-order chi connectivity index (χ1) is 13.7. The summed E-state index contributed by atoms with van der Waals surface area (Å²) in [5.41, 5.74) is 1.80. The summed E-state index contributed by atoms with van der Waals surface area (Å²) in [6, 6.07) is 17.7. The van der Waals surface area contributed by atoms with Gasteiger partial charge in [-0.3, -0.25) is 0 Å². The average Bonchev–Trinajstić information content (AvgIpc) is 3.54. The Hall–Kier alpha value is -2.86. The van der Waals surface area contributed by atoms with Gasteiger partial charge in [0.1, 0.15) is 0 Å². The number of hydrogen-bond acceptors (Lipinski definition) is 6. The van der Waals surface area contributed by atoms with E-state index in [0.717, 1.165) is 36.2 Å². The standard InChI is InChI=1S/C22H22N2O4/c25-20-21(26)28-22(14-23-17-7-2-1-3-8-17)18-9-5-4-6-16(18)12-19(27-20)24(22)13-15-10-11-15/h1-9,15,19,23H,10-14H2. The molecule has 2 heterocycles. The van der Waals surface area contributed by atoms with E-state index in [0.29, 0.717) is 18.9 Å². The second-order valence-corrected chi connectivity index (χ2v) is 7.71. The van der Waals surface area contributed by atoms with E-state index < -0.39 is 23.9 Å². The molecule has 6 nitrogen and oxygen atoms in total. The van der Waals surface area contributed by atoms with Crippen LogP contribution >= 0.6 is 0 Å². The predicted molar refractivity (Wildman–Crippen MR) is 102 cm³/mol. The van der Waals surface area contributed by atoms with Crippen molar-refractivity contribution in [3.63, 3.8) is 0 Å². The Bertz CT molecular complexity index is 912. The summed E-state index contributed by atoms with van der Waals surface area (Å²) >= 11 is 0. The zero-order chi connectivity index (χ0) is 19.1. The van der Waals surface area contributed by atoms with Crippen molar-refractivity contribution in [1.82, 2.24) is 4.90 Å². The van der Waals surface area contributed by atoms with E-state index in [9.17, 15) is 9.59 Å². The molecule has 2 unspecified atom stereocenters. The predicted octanol–water partition coefficient (Wildman–Crippen LogP) is 2.65. The van der Waals surface area contributed by atoms with Crippen LogP contribution in [0.25, 0.3) is 0 Å². The lowest BCUT2D eigenvalue weighted by atomic mass is 9.87. The number of nitrogens with one attached hydrogen (secondary N) is 1. The van der Waals surface area contributed by atoms with Crippen molar-refractivity contribution in [1.29, 1.82) is 0 Å². The average molecular weight is 378 g/mol. The van der Waals surface area contributed by atoms with E-state index in [1.807, 2.05) is 54.6 Å². The third-order valence-electron chi connectivity index (χ3n) is 5.77. The fourth-order valence-electron chi connectivity index (χ4n) is 4.20. The maximum absolute atomic E-state index is 12.5. The Morgan fingerprint density at radius 2 is 1.75 bits per heavy atom. The van der Waals surface area contributed by atoms with Crippen LogP contribution in [0.15, 0.2) is 54.6 Å². The molecule has 1 saturated carbocycles. The lowest BCUT2D eigenvalue weighted by Crippen LogP contribution is -2.60. The van der Waals surface area contributed by atoms with Gasteiger partial charge in [0, 0.05) is 24.2 Å². The second-order valence-electron chi connectivity index (χ2n) is 7.71. The molecule has 2 bridgehead atoms. The Balaban J connectivity index is 1.60. The number of benzene rings is 2. The van der Waals surface area contributed by atoms with Gasteiger partial charge >= 0.3 is 11.9 Å². The number of ether oxygens (including phenoxy) is 2. The van der Waals surface area contributed by atoms with E-state index in [1.165, 1.54) is 0 Å². The fraction of sp³-hybridized carbons (Fsp3) is 0.364. The number of esters is 2. The van der Waals surface area contributed by atoms with E-state index in [2.05, 4.69) is 10.2 Å². The first-order valence-corrected chi connectivity index (χ1v) is 9.74. The van der Waals surface area contributed by atoms with Crippen LogP contribution in [-0.4, -0.2) is 36.2 Å². The molecular weight excluding hydrogens is 356 g/mol. The summed E-state index contributed by atoms with van der Waals surface area (Å²) in [7, 11) is 0. The van der Waals surface area contributed by atoms with E-state index in [1.54, 1.807) is 0 Å². The normalized spacial score (nSPS) is 26.6. The highest BCUT2D eigenvalue weighted by Crippen LogP contribution is 2.44. The van der Waals surface area contributed by atoms with Gasteiger partial charge in [-0.25, -0.2) is 14.5 Å². The van der Waals surface area contributed by atoms with Crippen LogP contribution in [0.4, 0.5) is 5.69 Å². The second kappa shape index (κ2) is 6.63. The quantitative estimate of drug-likeness (QED) is 0.637. The van der Waals surface area contributed by atoms with Crippen molar-refractivity contribution in [3.05, 3.63) is 65.7 Å². The van der Waals surface area contributed by atoms with E-state index in [-0.39, 0.29) is 0 Å². The van der Waals surface area contributed by atoms with Crippen LogP contribution in [0.1, 0.15) is 24.0 Å².